The van der Waals surface area contributed by atoms with Crippen LogP contribution in [-0.4, -0.2) is 57.1 Å². The number of benzene rings is 4. The molecular formula is C37H42BrN3O5S2. The monoisotopic (exact) mass is 751 g/mol. The summed E-state index contributed by atoms with van der Waals surface area (Å²) in [6.07, 6.45) is 3.86. The molecule has 0 spiro atoms. The molecule has 2 amide bonds. The van der Waals surface area contributed by atoms with Gasteiger partial charge in [-0.1, -0.05) is 71.7 Å². The standard InChI is InChI=1S/C37H42BrN3O5S2/c1-4-6-23-39-37(43)35(25-28-11-8-7-9-12-28)40(26-29-13-10-14-30(38)24-29)36(42)27-41(31-15-17-32(18-16-31)46-5-2)48(44,45)34-21-19-33(47-3)20-22-34/h7-22,24,35H,4-6,23,25-27H2,1-3H3,(H,39,43)/t35-/m1/s1. The molecule has 1 atom stereocenters. The van der Waals surface area contributed by atoms with E-state index < -0.39 is 28.5 Å². The van der Waals surface area contributed by atoms with Crippen LogP contribution in [0.4, 0.5) is 5.69 Å². The average molecular weight is 753 g/mol. The number of hydrogen-bond donors (Lipinski definition) is 1. The third-order valence-electron chi connectivity index (χ3n) is 7.70. The largest absolute Gasteiger partial charge is 0.494 e. The van der Waals surface area contributed by atoms with Crippen LogP contribution in [0.5, 0.6) is 5.75 Å². The highest BCUT2D eigenvalue weighted by atomic mass is 79.9. The SMILES string of the molecule is CCCCNC(=O)[C@@H](Cc1ccccc1)N(Cc1cccc(Br)c1)C(=O)CN(c1ccc(OCC)cc1)S(=O)(=O)c1ccc(SC)cc1. The number of sulfonamides is 1. The highest BCUT2D eigenvalue weighted by molar-refractivity contribution is 9.10. The van der Waals surface area contributed by atoms with Crippen LogP contribution >= 0.6 is 27.7 Å². The number of ether oxygens (including phenoxy) is 1. The van der Waals surface area contributed by atoms with E-state index in [0.717, 1.165) is 37.6 Å². The van der Waals surface area contributed by atoms with Gasteiger partial charge < -0.3 is 15.0 Å². The first kappa shape index (κ1) is 37.0. The number of unbranched alkanes of at least 4 members (excludes halogenated alkanes) is 1. The van der Waals surface area contributed by atoms with Gasteiger partial charge in [0.1, 0.15) is 18.3 Å². The average Bonchev–Trinajstić information content (AvgIpc) is 3.09. The van der Waals surface area contributed by atoms with Gasteiger partial charge in [0.25, 0.3) is 10.0 Å². The van der Waals surface area contributed by atoms with Crippen molar-refractivity contribution in [1.29, 1.82) is 0 Å². The lowest BCUT2D eigenvalue weighted by Gasteiger charge is -2.34. The van der Waals surface area contributed by atoms with Gasteiger partial charge in [0.05, 0.1) is 17.2 Å². The van der Waals surface area contributed by atoms with Crippen molar-refractivity contribution in [3.63, 3.8) is 0 Å². The Morgan fingerprint density at radius 3 is 2.21 bits per heavy atom. The Morgan fingerprint density at radius 1 is 0.896 bits per heavy atom. The van der Waals surface area contributed by atoms with Crippen LogP contribution in [0.2, 0.25) is 0 Å². The molecule has 0 radical (unpaired) electrons. The zero-order valence-corrected chi connectivity index (χ0v) is 30.7. The number of hydrogen-bond acceptors (Lipinski definition) is 6. The Bertz CT molecular complexity index is 1740. The van der Waals surface area contributed by atoms with Crippen molar-refractivity contribution in [3.05, 3.63) is 119 Å². The molecule has 4 aromatic rings. The molecular weight excluding hydrogens is 710 g/mol. The number of halogens is 1. The maximum atomic E-state index is 14.6. The Kier molecular flexibility index (Phi) is 14.0. The van der Waals surface area contributed by atoms with Gasteiger partial charge >= 0.3 is 0 Å². The first-order valence-corrected chi connectivity index (χ1v) is 19.4. The summed E-state index contributed by atoms with van der Waals surface area (Å²) in [5.74, 6) is -0.226. The fraction of sp³-hybridized carbons (Fsp3) is 0.297. The molecule has 0 heterocycles. The van der Waals surface area contributed by atoms with Gasteiger partial charge in [0, 0.05) is 28.9 Å². The van der Waals surface area contributed by atoms with Gasteiger partial charge in [-0.2, -0.15) is 0 Å². The van der Waals surface area contributed by atoms with E-state index in [9.17, 15) is 18.0 Å². The predicted molar refractivity (Wildman–Crippen MR) is 197 cm³/mol. The lowest BCUT2D eigenvalue weighted by Crippen LogP contribution is -2.53. The molecule has 48 heavy (non-hydrogen) atoms. The van der Waals surface area contributed by atoms with Crippen LogP contribution < -0.4 is 14.4 Å². The molecule has 0 saturated carbocycles. The van der Waals surface area contributed by atoms with Crippen LogP contribution in [-0.2, 0) is 32.6 Å². The highest BCUT2D eigenvalue weighted by Crippen LogP contribution is 2.28. The molecule has 0 unspecified atom stereocenters. The number of nitrogens with one attached hydrogen (secondary N) is 1. The molecule has 4 rings (SSSR count). The van der Waals surface area contributed by atoms with E-state index in [0.29, 0.717) is 24.6 Å². The van der Waals surface area contributed by atoms with Gasteiger partial charge in [-0.3, -0.25) is 13.9 Å². The summed E-state index contributed by atoms with van der Waals surface area (Å²) in [5, 5.41) is 3.02. The number of anilines is 1. The molecule has 0 aliphatic rings. The minimum atomic E-state index is -4.21. The summed E-state index contributed by atoms with van der Waals surface area (Å²) >= 11 is 5.02. The van der Waals surface area contributed by atoms with Crippen molar-refractivity contribution < 1.29 is 22.7 Å². The first-order chi connectivity index (χ1) is 23.2. The van der Waals surface area contributed by atoms with Gasteiger partial charge in [-0.05, 0) is 91.4 Å². The molecule has 254 valence electrons. The summed E-state index contributed by atoms with van der Waals surface area (Å²) < 4.78 is 36.1. The maximum absolute atomic E-state index is 14.6. The molecule has 4 aromatic carbocycles. The van der Waals surface area contributed by atoms with Crippen molar-refractivity contribution in [1.82, 2.24) is 10.2 Å². The van der Waals surface area contributed by atoms with Gasteiger partial charge in [-0.15, -0.1) is 11.8 Å². The van der Waals surface area contributed by atoms with Gasteiger partial charge in [0.15, 0.2) is 0 Å². The van der Waals surface area contributed by atoms with Gasteiger partial charge in [0.2, 0.25) is 11.8 Å². The number of thioether (sulfide) groups is 1. The fourth-order valence-corrected chi connectivity index (χ4v) is 7.44. The maximum Gasteiger partial charge on any atom is 0.264 e. The molecule has 0 aromatic heterocycles. The molecule has 0 aliphatic carbocycles. The minimum absolute atomic E-state index is 0.0543. The van der Waals surface area contributed by atoms with Crippen molar-refractivity contribution in [2.24, 2.45) is 0 Å². The zero-order valence-electron chi connectivity index (χ0n) is 27.5. The Hall–Kier alpha value is -3.80. The lowest BCUT2D eigenvalue weighted by atomic mass is 10.0. The summed E-state index contributed by atoms with van der Waals surface area (Å²) in [7, 11) is -4.21. The van der Waals surface area contributed by atoms with Crippen LogP contribution in [0.1, 0.15) is 37.8 Å². The zero-order chi connectivity index (χ0) is 34.5. The van der Waals surface area contributed by atoms with E-state index in [2.05, 4.69) is 21.2 Å². The summed E-state index contributed by atoms with van der Waals surface area (Å²) in [6, 6.07) is 29.3. The minimum Gasteiger partial charge on any atom is -0.494 e. The normalized spacial score (nSPS) is 11.8. The van der Waals surface area contributed by atoms with Crippen molar-refractivity contribution in [2.75, 3.05) is 30.3 Å². The smallest absolute Gasteiger partial charge is 0.264 e. The van der Waals surface area contributed by atoms with E-state index in [1.807, 2.05) is 74.7 Å². The number of amides is 2. The molecule has 0 aliphatic heterocycles. The van der Waals surface area contributed by atoms with Crippen LogP contribution in [0.15, 0.2) is 117 Å². The summed E-state index contributed by atoms with van der Waals surface area (Å²) in [4.78, 5) is 31.0. The lowest BCUT2D eigenvalue weighted by molar-refractivity contribution is -0.140. The first-order valence-electron chi connectivity index (χ1n) is 15.9. The Balaban J connectivity index is 1.79. The Morgan fingerprint density at radius 2 is 1.58 bits per heavy atom. The van der Waals surface area contributed by atoms with Crippen LogP contribution in [0.3, 0.4) is 0 Å². The number of nitrogens with zero attached hydrogens (tertiary/aromatic N) is 2. The van der Waals surface area contributed by atoms with Crippen molar-refractivity contribution in [3.8, 4) is 5.75 Å². The van der Waals surface area contributed by atoms with E-state index in [4.69, 9.17) is 4.74 Å². The quantitative estimate of drug-likeness (QED) is 0.0898. The summed E-state index contributed by atoms with van der Waals surface area (Å²) in [5.41, 5.74) is 1.97. The third kappa shape index (κ3) is 10.1. The Labute approximate surface area is 297 Å². The molecule has 0 saturated heterocycles. The second kappa shape index (κ2) is 18.1. The van der Waals surface area contributed by atoms with Crippen molar-refractivity contribution in [2.45, 2.75) is 55.5 Å². The molecule has 8 nitrogen and oxygen atoms in total. The number of carbonyl (C=O) groups is 2. The molecule has 1 N–H and O–H groups in total. The molecule has 0 bridgehead atoms. The number of rotatable bonds is 17. The van der Waals surface area contributed by atoms with E-state index in [-0.39, 0.29) is 23.8 Å². The predicted octanol–water partition coefficient (Wildman–Crippen LogP) is 7.32. The van der Waals surface area contributed by atoms with E-state index in [1.165, 1.54) is 16.7 Å². The molecule has 11 heteroatoms. The fourth-order valence-electron chi connectivity index (χ4n) is 5.17. The van der Waals surface area contributed by atoms with Crippen molar-refractivity contribution >= 4 is 55.2 Å². The van der Waals surface area contributed by atoms with Gasteiger partial charge in [-0.25, -0.2) is 8.42 Å². The highest BCUT2D eigenvalue weighted by Gasteiger charge is 2.34. The van der Waals surface area contributed by atoms with Crippen LogP contribution in [0.25, 0.3) is 0 Å². The third-order valence-corrected chi connectivity index (χ3v) is 10.7. The topological polar surface area (TPSA) is 96.0 Å². The van der Waals surface area contributed by atoms with E-state index >= 15 is 0 Å². The second-order valence-electron chi connectivity index (χ2n) is 11.1. The molecule has 0 fully saturated rings. The van der Waals surface area contributed by atoms with E-state index in [1.54, 1.807) is 48.5 Å². The van der Waals surface area contributed by atoms with Crippen LogP contribution in [0, 0.1) is 0 Å². The summed E-state index contributed by atoms with van der Waals surface area (Å²) in [6.45, 7) is 4.40. The number of carbonyl (C=O) groups excluding carboxylic acids is 2. The second-order valence-corrected chi connectivity index (χ2v) is 14.8.